The number of esters is 1. The van der Waals surface area contributed by atoms with E-state index in [1.165, 1.54) is 6.92 Å². The zero-order chi connectivity index (χ0) is 11.7. The number of carbonyl (C=O) groups excluding carboxylic acids is 2. The quantitative estimate of drug-likeness (QED) is 0.498. The van der Waals surface area contributed by atoms with Gasteiger partial charge in [-0.2, -0.15) is 0 Å². The first-order chi connectivity index (χ1) is 7.06. The van der Waals surface area contributed by atoms with Crippen LogP contribution < -0.4 is 5.32 Å². The molecule has 0 spiro atoms. The molecule has 88 valence electrons. The number of aliphatic hydroxyl groups excluding tert-OH is 1. The molecule has 6 heteroatoms. The smallest absolute Gasteiger partial charge is 0.410 e. The van der Waals surface area contributed by atoms with Crippen molar-refractivity contribution in [2.24, 2.45) is 0 Å². The van der Waals surface area contributed by atoms with Crippen LogP contribution >= 0.6 is 0 Å². The molecule has 0 aliphatic carbocycles. The summed E-state index contributed by atoms with van der Waals surface area (Å²) in [7, 11) is 0. The average molecular weight is 219 g/mol. The van der Waals surface area contributed by atoms with Crippen LogP contribution in [0.4, 0.5) is 4.79 Å². The Morgan fingerprint density at radius 3 is 2.60 bits per heavy atom. The third-order valence-electron chi connectivity index (χ3n) is 1.41. The van der Waals surface area contributed by atoms with Crippen LogP contribution in [0.15, 0.2) is 0 Å². The second-order valence-electron chi connectivity index (χ2n) is 3.05. The van der Waals surface area contributed by atoms with Gasteiger partial charge in [0.15, 0.2) is 0 Å². The van der Waals surface area contributed by atoms with Crippen molar-refractivity contribution in [3.63, 3.8) is 0 Å². The molecule has 0 aromatic rings. The molecule has 0 heterocycles. The van der Waals surface area contributed by atoms with E-state index in [0.717, 1.165) is 0 Å². The summed E-state index contributed by atoms with van der Waals surface area (Å²) in [5.41, 5.74) is 0. The second kappa shape index (κ2) is 8.05. The Bertz CT molecular complexity index is 205. The summed E-state index contributed by atoms with van der Waals surface area (Å²) in [6, 6.07) is 0. The lowest BCUT2D eigenvalue weighted by atomic mass is 10.3. The first kappa shape index (κ1) is 13.7. The number of hydrogen-bond donors (Lipinski definition) is 2. The first-order valence-electron chi connectivity index (χ1n) is 4.80. The number of amides is 1. The van der Waals surface area contributed by atoms with Crippen LogP contribution in [-0.2, 0) is 14.3 Å². The molecule has 0 aromatic heterocycles. The van der Waals surface area contributed by atoms with E-state index in [2.05, 4.69) is 14.8 Å². The summed E-state index contributed by atoms with van der Waals surface area (Å²) >= 11 is 0. The van der Waals surface area contributed by atoms with Gasteiger partial charge in [-0.15, -0.1) is 0 Å². The van der Waals surface area contributed by atoms with Gasteiger partial charge in [-0.25, -0.2) is 4.79 Å². The summed E-state index contributed by atoms with van der Waals surface area (Å²) in [5.74, 6) is -0.402. The highest BCUT2D eigenvalue weighted by atomic mass is 16.7. The van der Waals surface area contributed by atoms with Gasteiger partial charge in [-0.05, 0) is 13.3 Å². The third kappa shape index (κ3) is 9.01. The van der Waals surface area contributed by atoms with E-state index in [9.17, 15) is 9.59 Å². The maximum atomic E-state index is 10.9. The summed E-state index contributed by atoms with van der Waals surface area (Å²) in [5, 5.41) is 11.1. The predicted octanol–water partition coefficient (Wildman–Crippen LogP) is 0.394. The van der Waals surface area contributed by atoms with E-state index in [4.69, 9.17) is 5.11 Å². The van der Waals surface area contributed by atoms with Crippen molar-refractivity contribution in [3.8, 4) is 0 Å². The van der Waals surface area contributed by atoms with Crippen molar-refractivity contribution in [2.45, 2.75) is 32.8 Å². The molecule has 0 rings (SSSR count). The summed E-state index contributed by atoms with van der Waals surface area (Å²) < 4.78 is 9.08. The van der Waals surface area contributed by atoms with E-state index in [1.807, 2.05) is 6.92 Å². The van der Waals surface area contributed by atoms with Gasteiger partial charge in [-0.3, -0.25) is 4.79 Å². The highest BCUT2D eigenvalue weighted by molar-refractivity contribution is 5.70. The predicted molar refractivity (Wildman–Crippen MR) is 52.0 cm³/mol. The highest BCUT2D eigenvalue weighted by Gasteiger charge is 2.05. The summed E-state index contributed by atoms with van der Waals surface area (Å²) in [6.07, 6.45) is -0.369. The Balaban J connectivity index is 3.42. The SMILES string of the molecule is CCCC(=O)OCOC(=O)NC[C@H](C)O. The molecule has 15 heavy (non-hydrogen) atoms. The Hall–Kier alpha value is -1.30. The normalized spacial score (nSPS) is 11.7. The van der Waals surface area contributed by atoms with Crippen molar-refractivity contribution in [1.82, 2.24) is 5.32 Å². The molecule has 0 aliphatic rings. The molecule has 0 unspecified atom stereocenters. The summed E-state index contributed by atoms with van der Waals surface area (Å²) in [6.45, 7) is 3.07. The summed E-state index contributed by atoms with van der Waals surface area (Å²) in [4.78, 5) is 21.7. The lowest BCUT2D eigenvalue weighted by Gasteiger charge is -2.08. The molecule has 0 bridgehead atoms. The van der Waals surface area contributed by atoms with Gasteiger partial charge in [0.1, 0.15) is 0 Å². The van der Waals surface area contributed by atoms with E-state index in [-0.39, 0.29) is 6.54 Å². The average Bonchev–Trinajstić information content (AvgIpc) is 2.15. The molecule has 0 radical (unpaired) electrons. The molecule has 1 atom stereocenters. The minimum Gasteiger partial charge on any atom is -0.428 e. The molecule has 0 fully saturated rings. The molecular weight excluding hydrogens is 202 g/mol. The van der Waals surface area contributed by atoms with E-state index >= 15 is 0 Å². The van der Waals surface area contributed by atoms with Gasteiger partial charge >= 0.3 is 12.1 Å². The zero-order valence-electron chi connectivity index (χ0n) is 8.99. The van der Waals surface area contributed by atoms with Crippen LogP contribution in [-0.4, -0.2) is 36.6 Å². The number of aliphatic hydroxyl groups is 1. The molecular formula is C9H17NO5. The zero-order valence-corrected chi connectivity index (χ0v) is 8.99. The van der Waals surface area contributed by atoms with Crippen molar-refractivity contribution in [2.75, 3.05) is 13.3 Å². The Labute approximate surface area is 88.6 Å². The largest absolute Gasteiger partial charge is 0.428 e. The molecule has 0 saturated heterocycles. The number of ether oxygens (including phenoxy) is 2. The van der Waals surface area contributed by atoms with Crippen LogP contribution in [0.2, 0.25) is 0 Å². The molecule has 0 saturated carbocycles. The topological polar surface area (TPSA) is 84.9 Å². The number of rotatable bonds is 6. The minimum atomic E-state index is -0.722. The third-order valence-corrected chi connectivity index (χ3v) is 1.41. The maximum absolute atomic E-state index is 10.9. The van der Waals surface area contributed by atoms with Gasteiger partial charge in [0.2, 0.25) is 6.79 Å². The van der Waals surface area contributed by atoms with Crippen LogP contribution in [0.5, 0.6) is 0 Å². The van der Waals surface area contributed by atoms with Crippen LogP contribution in [0, 0.1) is 0 Å². The fourth-order valence-electron chi connectivity index (χ4n) is 0.707. The Kier molecular flexibility index (Phi) is 7.35. The molecule has 0 aliphatic heterocycles. The van der Waals surface area contributed by atoms with Gasteiger partial charge in [-0.1, -0.05) is 6.92 Å². The van der Waals surface area contributed by atoms with Crippen LogP contribution in [0.25, 0.3) is 0 Å². The standard InChI is InChI=1S/C9H17NO5/c1-3-4-8(12)14-6-15-9(13)10-5-7(2)11/h7,11H,3-6H2,1-2H3,(H,10,13)/t7-/m0/s1. The Morgan fingerprint density at radius 1 is 1.40 bits per heavy atom. The van der Waals surface area contributed by atoms with Crippen molar-refractivity contribution in [1.29, 1.82) is 0 Å². The molecule has 6 nitrogen and oxygen atoms in total. The molecule has 0 aromatic carbocycles. The van der Waals surface area contributed by atoms with Crippen molar-refractivity contribution < 1.29 is 24.2 Å². The number of carbonyl (C=O) groups is 2. The number of alkyl carbamates (subject to hydrolysis) is 1. The second-order valence-corrected chi connectivity index (χ2v) is 3.05. The number of nitrogens with one attached hydrogen (secondary N) is 1. The van der Waals surface area contributed by atoms with E-state index < -0.39 is 25.0 Å². The molecule has 1 amide bonds. The van der Waals surface area contributed by atoms with Gasteiger partial charge in [0, 0.05) is 13.0 Å². The van der Waals surface area contributed by atoms with Crippen molar-refractivity contribution >= 4 is 12.1 Å². The first-order valence-corrected chi connectivity index (χ1v) is 4.80. The van der Waals surface area contributed by atoms with Crippen LogP contribution in [0.1, 0.15) is 26.7 Å². The van der Waals surface area contributed by atoms with Gasteiger partial charge < -0.3 is 19.9 Å². The Morgan fingerprint density at radius 2 is 2.07 bits per heavy atom. The lowest BCUT2D eigenvalue weighted by Crippen LogP contribution is -2.31. The maximum Gasteiger partial charge on any atom is 0.410 e. The minimum absolute atomic E-state index is 0.0989. The number of hydrogen-bond acceptors (Lipinski definition) is 5. The van der Waals surface area contributed by atoms with Gasteiger partial charge in [0.25, 0.3) is 0 Å². The molecule has 2 N–H and O–H groups in total. The highest BCUT2D eigenvalue weighted by Crippen LogP contribution is 1.91. The van der Waals surface area contributed by atoms with E-state index in [1.54, 1.807) is 0 Å². The fraction of sp³-hybridized carbons (Fsp3) is 0.778. The van der Waals surface area contributed by atoms with Crippen LogP contribution in [0.3, 0.4) is 0 Å². The lowest BCUT2D eigenvalue weighted by molar-refractivity contribution is -0.151. The van der Waals surface area contributed by atoms with E-state index in [0.29, 0.717) is 12.8 Å². The fourth-order valence-corrected chi connectivity index (χ4v) is 0.707. The van der Waals surface area contributed by atoms with Crippen molar-refractivity contribution in [3.05, 3.63) is 0 Å². The monoisotopic (exact) mass is 219 g/mol. The van der Waals surface area contributed by atoms with Gasteiger partial charge in [0.05, 0.1) is 6.10 Å².